The predicted octanol–water partition coefficient (Wildman–Crippen LogP) is 19.9. The molecule has 0 aliphatic heterocycles. The van der Waals surface area contributed by atoms with E-state index in [1.54, 1.807) is 0 Å². The van der Waals surface area contributed by atoms with Gasteiger partial charge in [0, 0.05) is 60.2 Å². The molecule has 16 aromatic rings. The molecule has 0 aliphatic rings. The molecule has 3 heterocycles. The molecule has 0 aliphatic carbocycles. The van der Waals surface area contributed by atoms with Gasteiger partial charge in [-0.25, -0.2) is 0 Å². The van der Waals surface area contributed by atoms with Crippen LogP contribution in [-0.4, -0.2) is 9.13 Å². The number of benzene rings is 13. The molecule has 0 saturated heterocycles. The van der Waals surface area contributed by atoms with Crippen molar-refractivity contribution in [3.8, 4) is 55.9 Å². The zero-order chi connectivity index (χ0) is 49.1. The summed E-state index contributed by atoms with van der Waals surface area (Å²) in [6, 6.07) is 98.0. The SMILES string of the molecule is c1ccc2cc(-n3c4ccccc4c4cccc(-c5ccc(-c6cc(-c7ccc(-c8cccc9c8oc8ccccc89)cc7)cc(-n7c8ccc9ccccc9c8c8ccc9ccccc9c87)c6)cc5)c43)ccc2c1. The lowest BCUT2D eigenvalue weighted by atomic mass is 9.94. The minimum Gasteiger partial charge on any atom is -0.455 e. The Hall–Kier alpha value is -9.96. The third-order valence-corrected chi connectivity index (χ3v) is 15.9. The van der Waals surface area contributed by atoms with E-state index in [1.165, 1.54) is 87.1 Å². The van der Waals surface area contributed by atoms with Gasteiger partial charge >= 0.3 is 0 Å². The Balaban J connectivity index is 0.891. The van der Waals surface area contributed by atoms with Crippen molar-refractivity contribution in [1.29, 1.82) is 0 Å². The topological polar surface area (TPSA) is 23.0 Å². The van der Waals surface area contributed by atoms with Gasteiger partial charge in [0.05, 0.1) is 22.1 Å². The van der Waals surface area contributed by atoms with Gasteiger partial charge in [-0.3, -0.25) is 0 Å². The van der Waals surface area contributed by atoms with Gasteiger partial charge in [0.25, 0.3) is 0 Å². The maximum atomic E-state index is 6.51. The first-order valence-corrected chi connectivity index (χ1v) is 25.8. The van der Waals surface area contributed by atoms with Gasteiger partial charge in [-0.2, -0.15) is 0 Å². The van der Waals surface area contributed by atoms with Crippen molar-refractivity contribution in [1.82, 2.24) is 9.13 Å². The molecular weight excluding hydrogens is 909 g/mol. The van der Waals surface area contributed by atoms with Crippen LogP contribution in [0.1, 0.15) is 0 Å². The van der Waals surface area contributed by atoms with Gasteiger partial charge in [-0.05, 0) is 109 Å². The number of nitrogens with zero attached hydrogens (tertiary/aromatic N) is 2. The summed E-state index contributed by atoms with van der Waals surface area (Å²) in [5.74, 6) is 0. The third kappa shape index (κ3) is 6.41. The van der Waals surface area contributed by atoms with E-state index in [1.807, 2.05) is 6.07 Å². The van der Waals surface area contributed by atoms with Crippen LogP contribution < -0.4 is 0 Å². The first-order chi connectivity index (χ1) is 37.2. The summed E-state index contributed by atoms with van der Waals surface area (Å²) in [6.45, 7) is 0. The Labute approximate surface area is 432 Å². The highest BCUT2D eigenvalue weighted by Crippen LogP contribution is 2.44. The molecule has 3 nitrogen and oxygen atoms in total. The number of hydrogen-bond acceptors (Lipinski definition) is 1. The molecule has 16 rings (SSSR count). The summed E-state index contributed by atoms with van der Waals surface area (Å²) in [4.78, 5) is 0. The van der Waals surface area contributed by atoms with Crippen molar-refractivity contribution in [2.45, 2.75) is 0 Å². The van der Waals surface area contributed by atoms with Crippen LogP contribution in [0.25, 0.3) is 154 Å². The van der Waals surface area contributed by atoms with Crippen LogP contribution >= 0.6 is 0 Å². The minimum absolute atomic E-state index is 0.904. The summed E-state index contributed by atoms with van der Waals surface area (Å²) in [7, 11) is 0. The maximum absolute atomic E-state index is 6.51. The van der Waals surface area contributed by atoms with Gasteiger partial charge in [-0.1, -0.05) is 218 Å². The second-order valence-electron chi connectivity index (χ2n) is 20.0. The van der Waals surface area contributed by atoms with Gasteiger partial charge in [0.2, 0.25) is 0 Å². The van der Waals surface area contributed by atoms with Crippen LogP contribution in [0.4, 0.5) is 0 Å². The lowest BCUT2D eigenvalue weighted by Crippen LogP contribution is -1.97. The smallest absolute Gasteiger partial charge is 0.143 e. The number of rotatable bonds is 6. The molecule has 0 unspecified atom stereocenters. The molecule has 0 amide bonds. The highest BCUT2D eigenvalue weighted by atomic mass is 16.3. The molecule has 0 spiro atoms. The monoisotopic (exact) mass is 952 g/mol. The van der Waals surface area contributed by atoms with E-state index in [0.29, 0.717) is 0 Å². The number of fused-ring (bicyclic) bond motifs is 14. The van der Waals surface area contributed by atoms with Crippen molar-refractivity contribution >= 4 is 97.9 Å². The molecular formula is C72H44N2O. The van der Waals surface area contributed by atoms with E-state index >= 15 is 0 Å². The van der Waals surface area contributed by atoms with E-state index in [4.69, 9.17) is 4.42 Å². The van der Waals surface area contributed by atoms with Gasteiger partial charge in [-0.15, -0.1) is 0 Å². The lowest BCUT2D eigenvalue weighted by molar-refractivity contribution is 0.670. The highest BCUT2D eigenvalue weighted by Gasteiger charge is 2.21. The van der Waals surface area contributed by atoms with E-state index in [-0.39, 0.29) is 0 Å². The fraction of sp³-hybridized carbons (Fsp3) is 0. The molecule has 75 heavy (non-hydrogen) atoms. The van der Waals surface area contributed by atoms with Crippen molar-refractivity contribution in [3.05, 3.63) is 267 Å². The molecule has 0 bridgehead atoms. The third-order valence-electron chi connectivity index (χ3n) is 15.9. The first kappa shape index (κ1) is 41.6. The minimum atomic E-state index is 0.904. The van der Waals surface area contributed by atoms with E-state index < -0.39 is 0 Å². The van der Waals surface area contributed by atoms with Crippen LogP contribution in [0.15, 0.2) is 271 Å². The number of hydrogen-bond donors (Lipinski definition) is 0. The van der Waals surface area contributed by atoms with Crippen LogP contribution in [0.3, 0.4) is 0 Å². The summed E-state index contributed by atoms with van der Waals surface area (Å²) in [6.07, 6.45) is 0. The largest absolute Gasteiger partial charge is 0.455 e. The lowest BCUT2D eigenvalue weighted by Gasteiger charge is -2.16. The Bertz CT molecular complexity index is 4990. The molecule has 0 atom stereocenters. The normalized spacial score (nSPS) is 12.0. The zero-order valence-electron chi connectivity index (χ0n) is 40.7. The van der Waals surface area contributed by atoms with Gasteiger partial charge in [0.15, 0.2) is 0 Å². The number of para-hydroxylation sites is 4. The van der Waals surface area contributed by atoms with Gasteiger partial charge in [0.1, 0.15) is 11.2 Å². The molecule has 0 fully saturated rings. The first-order valence-electron chi connectivity index (χ1n) is 25.8. The van der Waals surface area contributed by atoms with Crippen molar-refractivity contribution in [2.75, 3.05) is 0 Å². The molecule has 13 aromatic carbocycles. The average molecular weight is 953 g/mol. The summed E-state index contributed by atoms with van der Waals surface area (Å²) >= 11 is 0. The van der Waals surface area contributed by atoms with Crippen LogP contribution in [0.2, 0.25) is 0 Å². The predicted molar refractivity (Wildman–Crippen MR) is 317 cm³/mol. The Morgan fingerprint density at radius 1 is 0.253 bits per heavy atom. The Morgan fingerprint density at radius 2 is 0.800 bits per heavy atom. The van der Waals surface area contributed by atoms with Crippen LogP contribution in [0, 0.1) is 0 Å². The highest BCUT2D eigenvalue weighted by molar-refractivity contribution is 6.26. The standard InChI is InChI=1S/C72H44N2O/c1-2-16-52-42-55(38-35-45(52)13-1)73-66-25-9-7-19-61(66)63-23-11-21-59(70(63)73)50-31-27-46(28-32-50)53-41-54(47-29-33-51(34-30-47)60-22-12-24-64-62-20-8-10-26-68(62)75-72(60)64)44-56(43-53)74-67-40-37-48-14-3-5-17-57(48)69(67)65-39-36-49-15-4-6-18-58(49)71(65)74/h1-44H. The Kier molecular flexibility index (Phi) is 9.04. The van der Waals surface area contributed by atoms with Gasteiger partial charge < -0.3 is 13.6 Å². The zero-order valence-corrected chi connectivity index (χ0v) is 40.7. The molecule has 0 saturated carbocycles. The molecule has 3 heteroatoms. The van der Waals surface area contributed by atoms with E-state index in [0.717, 1.165) is 66.7 Å². The van der Waals surface area contributed by atoms with Crippen LogP contribution in [0.5, 0.6) is 0 Å². The average Bonchev–Trinajstić information content (AvgIpc) is 4.22. The maximum Gasteiger partial charge on any atom is 0.143 e. The fourth-order valence-electron chi connectivity index (χ4n) is 12.4. The van der Waals surface area contributed by atoms with Crippen molar-refractivity contribution in [2.24, 2.45) is 0 Å². The second kappa shape index (κ2) is 16.3. The van der Waals surface area contributed by atoms with Crippen molar-refractivity contribution < 1.29 is 4.42 Å². The fourth-order valence-corrected chi connectivity index (χ4v) is 12.4. The quantitative estimate of drug-likeness (QED) is 0.163. The number of aromatic nitrogens is 2. The molecule has 3 aromatic heterocycles. The van der Waals surface area contributed by atoms with E-state index in [2.05, 4.69) is 270 Å². The second-order valence-corrected chi connectivity index (χ2v) is 20.0. The summed E-state index contributed by atoms with van der Waals surface area (Å²) in [5, 5.41) is 14.7. The molecule has 0 radical (unpaired) electrons. The van der Waals surface area contributed by atoms with Crippen molar-refractivity contribution in [3.63, 3.8) is 0 Å². The summed E-state index contributed by atoms with van der Waals surface area (Å²) in [5.41, 5.74) is 18.0. The molecule has 0 N–H and O–H groups in total. The summed E-state index contributed by atoms with van der Waals surface area (Å²) < 4.78 is 11.5. The number of furan rings is 1. The van der Waals surface area contributed by atoms with Crippen LogP contribution in [-0.2, 0) is 0 Å². The Morgan fingerprint density at radius 3 is 1.57 bits per heavy atom. The molecule has 348 valence electrons. The van der Waals surface area contributed by atoms with E-state index in [9.17, 15) is 0 Å².